The monoisotopic (exact) mass is 430 g/mol. The van der Waals surface area contributed by atoms with Crippen molar-refractivity contribution in [2.45, 2.75) is 32.0 Å². The average Bonchev–Trinajstić information content (AvgIpc) is 2.95. The zero-order valence-electron chi connectivity index (χ0n) is 17.1. The van der Waals surface area contributed by atoms with E-state index in [2.05, 4.69) is 0 Å². The number of nitrogens with zero attached hydrogens (tertiary/aromatic N) is 2. The van der Waals surface area contributed by atoms with Crippen molar-refractivity contribution >= 4 is 22.6 Å². The largest absolute Gasteiger partial charge is 0.493 e. The van der Waals surface area contributed by atoms with E-state index in [1.54, 1.807) is 22.8 Å². The van der Waals surface area contributed by atoms with Crippen LogP contribution in [0.1, 0.15) is 36.2 Å². The van der Waals surface area contributed by atoms with Crippen LogP contribution in [0.3, 0.4) is 0 Å². The predicted molar refractivity (Wildman–Crippen MR) is 112 cm³/mol. The molecular weight excluding hydrogens is 409 g/mol. The van der Waals surface area contributed by atoms with E-state index in [9.17, 15) is 18.0 Å². The maximum absolute atomic E-state index is 13.2. The molecule has 162 valence electrons. The number of ether oxygens (including phenoxy) is 2. The van der Waals surface area contributed by atoms with Crippen molar-refractivity contribution in [1.29, 1.82) is 0 Å². The van der Waals surface area contributed by atoms with Gasteiger partial charge in [0.2, 0.25) is 0 Å². The smallest absolute Gasteiger partial charge is 0.416 e. The second-order valence-corrected chi connectivity index (χ2v) is 7.36. The van der Waals surface area contributed by atoms with Crippen molar-refractivity contribution in [3.8, 4) is 11.5 Å². The summed E-state index contributed by atoms with van der Waals surface area (Å²) in [6.07, 6.45) is -0.257. The van der Waals surface area contributed by atoms with E-state index in [4.69, 9.17) is 14.5 Å². The minimum Gasteiger partial charge on any atom is -0.493 e. The Morgan fingerprint density at radius 2 is 1.71 bits per heavy atom. The predicted octanol–water partition coefficient (Wildman–Crippen LogP) is 5.16. The fourth-order valence-electron chi connectivity index (χ4n) is 3.80. The molecule has 1 aliphatic heterocycles. The molecule has 0 radical (unpaired) electrons. The van der Waals surface area contributed by atoms with Crippen LogP contribution in [0.15, 0.2) is 41.2 Å². The molecule has 0 bridgehead atoms. The summed E-state index contributed by atoms with van der Waals surface area (Å²) in [6.45, 7) is 0.524. The Morgan fingerprint density at radius 3 is 2.35 bits per heavy atom. The molecule has 0 amide bonds. The van der Waals surface area contributed by atoms with E-state index in [0.717, 1.165) is 30.5 Å². The van der Waals surface area contributed by atoms with Crippen LogP contribution < -0.4 is 15.0 Å². The van der Waals surface area contributed by atoms with Gasteiger partial charge in [-0.3, -0.25) is 9.36 Å². The zero-order chi connectivity index (χ0) is 22.2. The van der Waals surface area contributed by atoms with Crippen molar-refractivity contribution in [2.24, 2.45) is 0 Å². The summed E-state index contributed by atoms with van der Waals surface area (Å²) in [6, 6.07) is 8.26. The summed E-state index contributed by atoms with van der Waals surface area (Å²) in [5.74, 6) is 1.44. The second-order valence-electron chi connectivity index (χ2n) is 7.36. The second kappa shape index (κ2) is 8.09. The number of fused-ring (bicyclic) bond motifs is 2. The molecule has 0 saturated heterocycles. The Kier molecular flexibility index (Phi) is 5.47. The molecule has 0 N–H and O–H groups in total. The van der Waals surface area contributed by atoms with Crippen molar-refractivity contribution in [3.05, 3.63) is 63.7 Å². The first-order valence-electron chi connectivity index (χ1n) is 9.86. The molecule has 0 atom stereocenters. The van der Waals surface area contributed by atoms with Gasteiger partial charge in [0, 0.05) is 12.6 Å². The molecule has 2 aromatic carbocycles. The first kappa shape index (κ1) is 21.0. The van der Waals surface area contributed by atoms with Crippen molar-refractivity contribution in [2.75, 3.05) is 14.2 Å². The van der Waals surface area contributed by atoms with Crippen LogP contribution in [-0.2, 0) is 12.7 Å². The van der Waals surface area contributed by atoms with E-state index < -0.39 is 11.7 Å². The SMILES string of the molecule is COc1cc2nc3n(c(=O)c2cc1OC)CCCC/C3=C\c1ccc(C(F)(F)F)cc1. The molecule has 0 unspecified atom stereocenters. The van der Waals surface area contributed by atoms with Gasteiger partial charge in [-0.05, 0) is 54.7 Å². The number of hydrogen-bond donors (Lipinski definition) is 0. The Labute approximate surface area is 176 Å². The summed E-state index contributed by atoms with van der Waals surface area (Å²) in [7, 11) is 3.01. The third kappa shape index (κ3) is 4.02. The number of aromatic nitrogens is 2. The summed E-state index contributed by atoms with van der Waals surface area (Å²) < 4.78 is 50.8. The van der Waals surface area contributed by atoms with Gasteiger partial charge < -0.3 is 9.47 Å². The van der Waals surface area contributed by atoms with Gasteiger partial charge >= 0.3 is 6.18 Å². The molecular formula is C23H21F3N2O3. The first-order valence-corrected chi connectivity index (χ1v) is 9.86. The van der Waals surface area contributed by atoms with Crippen LogP contribution >= 0.6 is 0 Å². The maximum Gasteiger partial charge on any atom is 0.416 e. The van der Waals surface area contributed by atoms with Gasteiger partial charge in [-0.25, -0.2) is 4.98 Å². The quantitative estimate of drug-likeness (QED) is 0.576. The number of alkyl halides is 3. The molecule has 0 spiro atoms. The fraction of sp³-hybridized carbons (Fsp3) is 0.304. The van der Waals surface area contributed by atoms with Crippen LogP contribution in [0, 0.1) is 0 Å². The third-order valence-electron chi connectivity index (χ3n) is 5.40. The maximum atomic E-state index is 13.2. The van der Waals surface area contributed by atoms with Crippen LogP contribution in [0.2, 0.25) is 0 Å². The molecule has 31 heavy (non-hydrogen) atoms. The minimum atomic E-state index is -4.38. The fourth-order valence-corrected chi connectivity index (χ4v) is 3.80. The average molecular weight is 430 g/mol. The number of methoxy groups -OCH3 is 2. The minimum absolute atomic E-state index is 0.179. The summed E-state index contributed by atoms with van der Waals surface area (Å²) in [4.78, 5) is 18.0. The lowest BCUT2D eigenvalue weighted by molar-refractivity contribution is -0.137. The Hall–Kier alpha value is -3.29. The lowest BCUT2D eigenvalue weighted by atomic mass is 10.0. The molecule has 5 nitrogen and oxygen atoms in total. The van der Waals surface area contributed by atoms with E-state index >= 15 is 0 Å². The third-order valence-corrected chi connectivity index (χ3v) is 5.40. The number of benzene rings is 2. The number of allylic oxidation sites excluding steroid dienone is 1. The van der Waals surface area contributed by atoms with Crippen LogP contribution in [-0.4, -0.2) is 23.8 Å². The van der Waals surface area contributed by atoms with Gasteiger partial charge in [0.1, 0.15) is 5.82 Å². The van der Waals surface area contributed by atoms with E-state index in [0.29, 0.717) is 46.8 Å². The molecule has 0 saturated carbocycles. The summed E-state index contributed by atoms with van der Waals surface area (Å²) >= 11 is 0. The Morgan fingerprint density at radius 1 is 1.03 bits per heavy atom. The van der Waals surface area contributed by atoms with Gasteiger partial charge in [0.05, 0.1) is 30.7 Å². The number of rotatable bonds is 3. The highest BCUT2D eigenvalue weighted by molar-refractivity contribution is 5.85. The Bertz CT molecular complexity index is 1210. The lowest BCUT2D eigenvalue weighted by Gasteiger charge is -2.14. The van der Waals surface area contributed by atoms with Crippen molar-refractivity contribution in [3.63, 3.8) is 0 Å². The first-order chi connectivity index (χ1) is 14.8. The molecule has 2 heterocycles. The number of hydrogen-bond acceptors (Lipinski definition) is 4. The van der Waals surface area contributed by atoms with Gasteiger partial charge in [0.25, 0.3) is 5.56 Å². The van der Waals surface area contributed by atoms with Gasteiger partial charge in [0.15, 0.2) is 11.5 Å². The normalized spacial score (nSPS) is 15.6. The molecule has 0 fully saturated rings. The van der Waals surface area contributed by atoms with Crippen molar-refractivity contribution < 1.29 is 22.6 Å². The molecule has 0 aliphatic carbocycles. The molecule has 8 heteroatoms. The van der Waals surface area contributed by atoms with E-state index in [1.807, 2.05) is 0 Å². The van der Waals surface area contributed by atoms with Gasteiger partial charge in [-0.2, -0.15) is 13.2 Å². The molecule has 1 aromatic heterocycles. The molecule has 4 rings (SSSR count). The zero-order valence-corrected chi connectivity index (χ0v) is 17.1. The summed E-state index contributed by atoms with van der Waals surface area (Å²) in [5, 5.41) is 0.428. The highest BCUT2D eigenvalue weighted by Crippen LogP contribution is 2.33. The molecule has 3 aromatic rings. The highest BCUT2D eigenvalue weighted by Gasteiger charge is 2.30. The summed E-state index contributed by atoms with van der Waals surface area (Å²) in [5.41, 5.74) is 1.04. The Balaban J connectivity index is 1.86. The van der Waals surface area contributed by atoms with Gasteiger partial charge in [-0.1, -0.05) is 12.1 Å². The van der Waals surface area contributed by atoms with Crippen LogP contribution in [0.4, 0.5) is 13.2 Å². The highest BCUT2D eigenvalue weighted by atomic mass is 19.4. The van der Waals surface area contributed by atoms with E-state index in [1.165, 1.54) is 26.4 Å². The van der Waals surface area contributed by atoms with Crippen molar-refractivity contribution in [1.82, 2.24) is 9.55 Å². The molecule has 1 aliphatic rings. The standard InChI is InChI=1S/C23H21F3N2O3/c1-30-19-12-17-18(13-20(19)31-2)27-21-15(5-3-4-10-28(21)22(17)29)11-14-6-8-16(9-7-14)23(24,25)26/h6-9,11-13H,3-5,10H2,1-2H3/b15-11+. The van der Waals surface area contributed by atoms with E-state index in [-0.39, 0.29) is 5.56 Å². The topological polar surface area (TPSA) is 53.4 Å². The van der Waals surface area contributed by atoms with Crippen LogP contribution in [0.25, 0.3) is 22.6 Å². The number of halogens is 3. The van der Waals surface area contributed by atoms with Gasteiger partial charge in [-0.15, -0.1) is 0 Å². The lowest BCUT2D eigenvalue weighted by Crippen LogP contribution is -2.24. The van der Waals surface area contributed by atoms with Crippen LogP contribution in [0.5, 0.6) is 11.5 Å².